The second-order valence-electron chi connectivity index (χ2n) is 0.445. The van der Waals surface area contributed by atoms with E-state index >= 15 is 0 Å². The first-order chi connectivity index (χ1) is 3.41. The van der Waals surface area contributed by atoms with Crippen LogP contribution in [-0.2, 0) is 25.0 Å². The maximum absolute atomic E-state index is 7.31. The van der Waals surface area contributed by atoms with Crippen molar-refractivity contribution in [1.29, 1.82) is 0 Å². The molecule has 0 atom stereocenters. The molecule has 0 aromatic rings. The van der Waals surface area contributed by atoms with Crippen molar-refractivity contribution in [3.05, 3.63) is 0 Å². The van der Waals surface area contributed by atoms with Crippen molar-refractivity contribution in [1.82, 2.24) is 0 Å². The highest BCUT2D eigenvalue weighted by atomic mass is 17.8. The Morgan fingerprint density at radius 1 is 1.14 bits per heavy atom. The van der Waals surface area contributed by atoms with E-state index in [0.29, 0.717) is 0 Å². The van der Waals surface area contributed by atoms with Crippen molar-refractivity contribution in [3.8, 4) is 0 Å². The topological polar surface area (TPSA) is 66.4 Å². The summed E-state index contributed by atoms with van der Waals surface area (Å²) in [4.78, 5) is 3.81. The van der Waals surface area contributed by atoms with Crippen LogP contribution in [0.1, 0.15) is 0 Å². The van der Waals surface area contributed by atoms with Gasteiger partial charge < -0.3 is 0 Å². The Morgan fingerprint density at radius 2 is 1.86 bits per heavy atom. The number of hydrogen-bond acceptors (Lipinski definition) is 6. The molecule has 1 N–H and O–H groups in total. The molecule has 44 valence electrons. The molecular weight excluding hydrogens is 108 g/mol. The Balaban J connectivity index is 2.45. The zero-order chi connectivity index (χ0) is 5.54. The minimum absolute atomic E-state index is 1.18. The molecule has 7 heavy (non-hydrogen) atoms. The van der Waals surface area contributed by atoms with Gasteiger partial charge in [0.25, 0.3) is 0 Å². The molecule has 0 aromatic carbocycles. The fraction of sp³-hybridized carbons (Fsp3) is 1.00. The Labute approximate surface area is 38.7 Å². The van der Waals surface area contributed by atoms with Crippen LogP contribution in [0.5, 0.6) is 0 Å². The van der Waals surface area contributed by atoms with Gasteiger partial charge in [-0.15, -0.1) is 0 Å². The van der Waals surface area contributed by atoms with Gasteiger partial charge in [-0.2, -0.15) is 0 Å². The first kappa shape index (κ1) is 6.76. The van der Waals surface area contributed by atoms with Crippen molar-refractivity contribution in [2.75, 3.05) is 7.11 Å². The smallest absolute Gasteiger partial charge is 0.0745 e. The second kappa shape index (κ2) is 5.76. The number of rotatable bonds is 4. The zero-order valence-electron chi connectivity index (χ0n) is 3.49. The van der Waals surface area contributed by atoms with E-state index in [9.17, 15) is 0 Å². The fourth-order valence-corrected chi connectivity index (χ4v) is 0.0515. The predicted molar refractivity (Wildman–Crippen MR) is 14.0 cm³/mol. The molecule has 0 fully saturated rings. The highest BCUT2D eigenvalue weighted by molar-refractivity contribution is 3.35. The summed E-state index contributed by atoms with van der Waals surface area (Å²) in [6.07, 6.45) is 0. The van der Waals surface area contributed by atoms with Crippen LogP contribution in [0.2, 0.25) is 0 Å². The number of hydrogen-bond donors (Lipinski definition) is 1. The third kappa shape index (κ3) is 5.76. The highest BCUT2D eigenvalue weighted by Crippen LogP contribution is 1.77. The first-order valence-corrected chi connectivity index (χ1v) is 1.26. The van der Waals surface area contributed by atoms with Crippen molar-refractivity contribution in [3.63, 3.8) is 0 Å². The van der Waals surface area contributed by atoms with Crippen LogP contribution in [0.4, 0.5) is 0 Å². The van der Waals surface area contributed by atoms with E-state index in [1.54, 1.807) is 0 Å². The third-order valence-electron chi connectivity index (χ3n) is 0.154. The van der Waals surface area contributed by atoms with Crippen molar-refractivity contribution < 1.29 is 30.3 Å². The lowest BCUT2D eigenvalue weighted by molar-refractivity contribution is -0.750. The molecule has 0 heterocycles. The Morgan fingerprint density at radius 3 is 2.29 bits per heavy atom. The van der Waals surface area contributed by atoms with E-state index in [1.807, 2.05) is 0 Å². The maximum atomic E-state index is 7.31. The SMILES string of the molecule is COOOOOO. The van der Waals surface area contributed by atoms with E-state index in [-0.39, 0.29) is 0 Å². The van der Waals surface area contributed by atoms with Crippen molar-refractivity contribution in [2.45, 2.75) is 0 Å². The normalized spacial score (nSPS) is 9.43. The summed E-state index contributed by atoms with van der Waals surface area (Å²) in [5, 5.41) is 20.5. The van der Waals surface area contributed by atoms with Gasteiger partial charge in [-0.1, -0.05) is 0 Å². The van der Waals surface area contributed by atoms with Gasteiger partial charge in [0.1, 0.15) is 0 Å². The van der Waals surface area contributed by atoms with Gasteiger partial charge in [0.2, 0.25) is 0 Å². The van der Waals surface area contributed by atoms with E-state index in [0.717, 1.165) is 0 Å². The monoisotopic (exact) mass is 112 g/mol. The van der Waals surface area contributed by atoms with Crippen LogP contribution in [0, 0.1) is 0 Å². The summed E-state index contributed by atoms with van der Waals surface area (Å²) in [5.74, 6) is 0. The van der Waals surface area contributed by atoms with Gasteiger partial charge in [0.05, 0.1) is 7.11 Å². The largest absolute Gasteiger partial charge is 0.219 e. The molecule has 0 rings (SSSR count). The van der Waals surface area contributed by atoms with Crippen molar-refractivity contribution >= 4 is 0 Å². The summed E-state index contributed by atoms with van der Waals surface area (Å²) < 4.78 is 0. The summed E-state index contributed by atoms with van der Waals surface area (Å²) in [7, 11) is 1.18. The maximum Gasteiger partial charge on any atom is 0.0745 e. The van der Waals surface area contributed by atoms with E-state index in [2.05, 4.69) is 25.0 Å². The van der Waals surface area contributed by atoms with Crippen LogP contribution in [0.25, 0.3) is 0 Å². The minimum Gasteiger partial charge on any atom is -0.219 e. The van der Waals surface area contributed by atoms with Gasteiger partial charge in [0, 0.05) is 0 Å². The summed E-state index contributed by atoms with van der Waals surface area (Å²) in [5.41, 5.74) is 0. The van der Waals surface area contributed by atoms with E-state index in [1.165, 1.54) is 7.11 Å². The molecule has 0 amide bonds. The summed E-state index contributed by atoms with van der Waals surface area (Å²) in [6.45, 7) is 0. The lowest BCUT2D eigenvalue weighted by Crippen LogP contribution is -1.93. The molecule has 0 saturated heterocycles. The average molecular weight is 112 g/mol. The highest BCUT2D eigenvalue weighted by Gasteiger charge is 1.81. The van der Waals surface area contributed by atoms with Crippen molar-refractivity contribution in [2.24, 2.45) is 0 Å². The lowest BCUT2D eigenvalue weighted by Gasteiger charge is -1.90. The molecule has 0 radical (unpaired) electrons. The molecule has 0 bridgehead atoms. The lowest BCUT2D eigenvalue weighted by atomic mass is 11.8. The molecule has 6 nitrogen and oxygen atoms in total. The van der Waals surface area contributed by atoms with Gasteiger partial charge >= 0.3 is 0 Å². The molecule has 0 spiro atoms. The Hall–Kier alpha value is -0.240. The summed E-state index contributed by atoms with van der Waals surface area (Å²) >= 11 is 0. The summed E-state index contributed by atoms with van der Waals surface area (Å²) in [6, 6.07) is 0. The molecule has 0 aliphatic heterocycles. The second-order valence-corrected chi connectivity index (χ2v) is 0.445. The Kier molecular flexibility index (Phi) is 5.56. The fourth-order valence-electron chi connectivity index (χ4n) is 0.0515. The third-order valence-corrected chi connectivity index (χ3v) is 0.154. The van der Waals surface area contributed by atoms with Gasteiger partial charge in [-0.25, -0.2) is 10.1 Å². The average Bonchev–Trinajstić information content (AvgIpc) is 1.69. The molecule has 0 unspecified atom stereocenters. The standard InChI is InChI=1S/CH4O6/c1-3-5-7-6-4-2/h2H,1H3. The van der Waals surface area contributed by atoms with Gasteiger partial charge in [0.15, 0.2) is 0 Å². The zero-order valence-corrected chi connectivity index (χ0v) is 3.49. The van der Waals surface area contributed by atoms with Crippen LogP contribution in [-0.4, -0.2) is 12.4 Å². The molecule has 6 heteroatoms. The molecule has 0 aromatic heterocycles. The van der Waals surface area contributed by atoms with Crippen LogP contribution >= 0.6 is 0 Å². The minimum atomic E-state index is 1.18. The molecule has 0 aliphatic rings. The van der Waals surface area contributed by atoms with Crippen LogP contribution in [0.3, 0.4) is 0 Å². The quantitative estimate of drug-likeness (QED) is 0.309. The molecular formula is CH4O6. The Bertz CT molecular complexity index is 23.4. The van der Waals surface area contributed by atoms with E-state index in [4.69, 9.17) is 5.26 Å². The van der Waals surface area contributed by atoms with Crippen LogP contribution in [0.15, 0.2) is 0 Å². The molecule has 0 aliphatic carbocycles. The van der Waals surface area contributed by atoms with Gasteiger partial charge in [-0.05, 0) is 20.2 Å². The predicted octanol–water partition coefficient (Wildman–Crippen LogP) is -0.168. The van der Waals surface area contributed by atoms with Gasteiger partial charge in [-0.3, -0.25) is 0 Å². The first-order valence-electron chi connectivity index (χ1n) is 1.26. The molecule has 0 saturated carbocycles. The van der Waals surface area contributed by atoms with E-state index < -0.39 is 0 Å². The van der Waals surface area contributed by atoms with Crippen LogP contribution < -0.4 is 0 Å².